The first-order valence-corrected chi connectivity index (χ1v) is 5.99. The van der Waals surface area contributed by atoms with E-state index in [1.165, 1.54) is 0 Å². The van der Waals surface area contributed by atoms with E-state index in [0.29, 0.717) is 13.3 Å². The SMILES string of the molecule is CC(NCc1cccc2c1OCO2)c1ccco1. The summed E-state index contributed by atoms with van der Waals surface area (Å²) in [5, 5.41) is 3.40. The molecule has 0 bridgehead atoms. The highest BCUT2D eigenvalue weighted by Crippen LogP contribution is 2.35. The highest BCUT2D eigenvalue weighted by atomic mass is 16.7. The number of benzene rings is 1. The van der Waals surface area contributed by atoms with E-state index in [1.54, 1.807) is 6.26 Å². The minimum absolute atomic E-state index is 0.165. The fraction of sp³-hybridized carbons (Fsp3) is 0.286. The molecule has 1 N–H and O–H groups in total. The van der Waals surface area contributed by atoms with Crippen LogP contribution in [0.4, 0.5) is 0 Å². The molecular formula is C14H15NO3. The van der Waals surface area contributed by atoms with Gasteiger partial charge in [-0.25, -0.2) is 0 Å². The van der Waals surface area contributed by atoms with E-state index in [0.717, 1.165) is 22.8 Å². The summed E-state index contributed by atoms with van der Waals surface area (Å²) in [6, 6.07) is 9.95. The van der Waals surface area contributed by atoms with Crippen LogP contribution in [0, 0.1) is 0 Å². The van der Waals surface area contributed by atoms with Crippen LogP contribution in [-0.4, -0.2) is 6.79 Å². The fourth-order valence-electron chi connectivity index (χ4n) is 2.03. The van der Waals surface area contributed by atoms with Gasteiger partial charge in [-0.05, 0) is 25.1 Å². The van der Waals surface area contributed by atoms with Crippen LogP contribution < -0.4 is 14.8 Å². The van der Waals surface area contributed by atoms with E-state index in [4.69, 9.17) is 13.9 Å². The second-order valence-corrected chi connectivity index (χ2v) is 4.27. The first-order valence-electron chi connectivity index (χ1n) is 5.99. The van der Waals surface area contributed by atoms with Gasteiger partial charge in [0.15, 0.2) is 11.5 Å². The number of nitrogens with one attached hydrogen (secondary N) is 1. The van der Waals surface area contributed by atoms with Gasteiger partial charge >= 0.3 is 0 Å². The van der Waals surface area contributed by atoms with Gasteiger partial charge in [-0.3, -0.25) is 0 Å². The Balaban J connectivity index is 1.69. The van der Waals surface area contributed by atoms with Gasteiger partial charge in [0.2, 0.25) is 6.79 Å². The number of fused-ring (bicyclic) bond motifs is 1. The van der Waals surface area contributed by atoms with Crippen LogP contribution in [0.3, 0.4) is 0 Å². The molecule has 4 heteroatoms. The molecule has 0 saturated heterocycles. The van der Waals surface area contributed by atoms with Crippen molar-refractivity contribution < 1.29 is 13.9 Å². The minimum Gasteiger partial charge on any atom is -0.468 e. The molecule has 2 aromatic rings. The number of furan rings is 1. The second-order valence-electron chi connectivity index (χ2n) is 4.27. The average Bonchev–Trinajstić information content (AvgIpc) is 3.05. The van der Waals surface area contributed by atoms with E-state index < -0.39 is 0 Å². The van der Waals surface area contributed by atoms with Crippen molar-refractivity contribution in [3.8, 4) is 11.5 Å². The van der Waals surface area contributed by atoms with Gasteiger partial charge in [0.1, 0.15) is 5.76 Å². The van der Waals surface area contributed by atoms with Crippen LogP contribution in [0.2, 0.25) is 0 Å². The van der Waals surface area contributed by atoms with Crippen LogP contribution in [0.15, 0.2) is 41.0 Å². The topological polar surface area (TPSA) is 43.6 Å². The van der Waals surface area contributed by atoms with Crippen LogP contribution in [0.1, 0.15) is 24.3 Å². The Morgan fingerprint density at radius 3 is 3.00 bits per heavy atom. The molecule has 3 rings (SSSR count). The summed E-state index contributed by atoms with van der Waals surface area (Å²) in [5.74, 6) is 2.59. The fourth-order valence-corrected chi connectivity index (χ4v) is 2.03. The lowest BCUT2D eigenvalue weighted by atomic mass is 10.1. The summed E-state index contributed by atoms with van der Waals surface area (Å²) in [5.41, 5.74) is 1.10. The zero-order valence-electron chi connectivity index (χ0n) is 10.2. The third-order valence-electron chi connectivity index (χ3n) is 3.05. The summed E-state index contributed by atoms with van der Waals surface area (Å²) in [7, 11) is 0. The number of rotatable bonds is 4. The third-order valence-corrected chi connectivity index (χ3v) is 3.05. The Morgan fingerprint density at radius 1 is 1.22 bits per heavy atom. The van der Waals surface area contributed by atoms with Gasteiger partial charge in [0.25, 0.3) is 0 Å². The average molecular weight is 245 g/mol. The molecule has 0 saturated carbocycles. The molecule has 1 aromatic heterocycles. The number of hydrogen-bond donors (Lipinski definition) is 1. The normalized spacial score (nSPS) is 14.7. The molecule has 0 spiro atoms. The quantitative estimate of drug-likeness (QED) is 0.899. The first-order chi connectivity index (χ1) is 8.84. The number of para-hydroxylation sites is 1. The Hall–Kier alpha value is -1.94. The number of hydrogen-bond acceptors (Lipinski definition) is 4. The lowest BCUT2D eigenvalue weighted by molar-refractivity contribution is 0.173. The summed E-state index contributed by atoms with van der Waals surface area (Å²) in [4.78, 5) is 0. The van der Waals surface area contributed by atoms with Gasteiger partial charge in [-0.2, -0.15) is 0 Å². The summed E-state index contributed by atoms with van der Waals surface area (Å²) < 4.78 is 16.2. The molecule has 0 amide bonds. The summed E-state index contributed by atoms with van der Waals surface area (Å²) >= 11 is 0. The molecule has 1 aromatic carbocycles. The first kappa shape index (κ1) is 11.2. The van der Waals surface area contributed by atoms with Gasteiger partial charge in [-0.1, -0.05) is 12.1 Å². The Morgan fingerprint density at radius 2 is 2.17 bits per heavy atom. The van der Waals surface area contributed by atoms with Crippen molar-refractivity contribution in [2.45, 2.75) is 19.5 Å². The van der Waals surface area contributed by atoms with E-state index >= 15 is 0 Å². The molecule has 0 fully saturated rings. The third kappa shape index (κ3) is 2.07. The van der Waals surface area contributed by atoms with Gasteiger partial charge in [0.05, 0.1) is 12.3 Å². The van der Waals surface area contributed by atoms with Crippen molar-refractivity contribution >= 4 is 0 Å². The van der Waals surface area contributed by atoms with Gasteiger partial charge < -0.3 is 19.2 Å². The molecule has 1 atom stereocenters. The van der Waals surface area contributed by atoms with Crippen molar-refractivity contribution in [3.63, 3.8) is 0 Å². The van der Waals surface area contributed by atoms with Crippen molar-refractivity contribution in [2.24, 2.45) is 0 Å². The number of ether oxygens (including phenoxy) is 2. The molecule has 94 valence electrons. The maximum absolute atomic E-state index is 5.47. The molecule has 1 unspecified atom stereocenters. The summed E-state index contributed by atoms with van der Waals surface area (Å²) in [6.45, 7) is 3.09. The van der Waals surface area contributed by atoms with Crippen molar-refractivity contribution in [2.75, 3.05) is 6.79 Å². The van der Waals surface area contributed by atoms with Crippen molar-refractivity contribution in [1.82, 2.24) is 5.32 Å². The van der Waals surface area contributed by atoms with Crippen molar-refractivity contribution in [3.05, 3.63) is 47.9 Å². The maximum Gasteiger partial charge on any atom is 0.231 e. The molecule has 4 nitrogen and oxygen atoms in total. The van der Waals surface area contributed by atoms with Crippen LogP contribution in [-0.2, 0) is 6.54 Å². The highest BCUT2D eigenvalue weighted by molar-refractivity contribution is 5.48. The maximum atomic E-state index is 5.47. The van der Waals surface area contributed by atoms with Crippen molar-refractivity contribution in [1.29, 1.82) is 0 Å². The van der Waals surface area contributed by atoms with Gasteiger partial charge in [0, 0.05) is 12.1 Å². The molecule has 2 heterocycles. The van der Waals surface area contributed by atoms with E-state index in [-0.39, 0.29) is 6.04 Å². The Labute approximate surface area is 106 Å². The molecule has 0 radical (unpaired) electrons. The smallest absolute Gasteiger partial charge is 0.231 e. The lowest BCUT2D eigenvalue weighted by Gasteiger charge is -2.12. The van der Waals surface area contributed by atoms with Crippen LogP contribution >= 0.6 is 0 Å². The molecule has 18 heavy (non-hydrogen) atoms. The van der Waals surface area contributed by atoms with Crippen LogP contribution in [0.5, 0.6) is 11.5 Å². The van der Waals surface area contributed by atoms with E-state index in [1.807, 2.05) is 30.3 Å². The standard InChI is InChI=1S/C14H15NO3/c1-10(12-6-3-7-16-12)15-8-11-4-2-5-13-14(11)18-9-17-13/h2-7,10,15H,8-9H2,1H3. The predicted molar refractivity (Wildman–Crippen MR) is 66.5 cm³/mol. The lowest BCUT2D eigenvalue weighted by Crippen LogP contribution is -2.17. The van der Waals surface area contributed by atoms with E-state index in [9.17, 15) is 0 Å². The molecule has 1 aliphatic heterocycles. The Bertz CT molecular complexity index is 522. The monoisotopic (exact) mass is 245 g/mol. The second kappa shape index (κ2) is 4.74. The predicted octanol–water partition coefficient (Wildman–Crippen LogP) is 2.86. The van der Waals surface area contributed by atoms with Crippen LogP contribution in [0.25, 0.3) is 0 Å². The largest absolute Gasteiger partial charge is 0.468 e. The minimum atomic E-state index is 0.165. The summed E-state index contributed by atoms with van der Waals surface area (Å²) in [6.07, 6.45) is 1.69. The molecule has 1 aliphatic rings. The zero-order chi connectivity index (χ0) is 12.4. The molecule has 0 aliphatic carbocycles. The highest BCUT2D eigenvalue weighted by Gasteiger charge is 2.17. The molecular weight excluding hydrogens is 230 g/mol. The van der Waals surface area contributed by atoms with Gasteiger partial charge in [-0.15, -0.1) is 0 Å². The zero-order valence-corrected chi connectivity index (χ0v) is 10.2. The van der Waals surface area contributed by atoms with E-state index in [2.05, 4.69) is 12.2 Å². The Kier molecular flexibility index (Phi) is 2.94.